The van der Waals surface area contributed by atoms with E-state index in [2.05, 4.69) is 71.7 Å². The Hall–Kier alpha value is 0.580. The first-order chi connectivity index (χ1) is 22.4. The van der Waals surface area contributed by atoms with Gasteiger partial charge in [-0.05, 0) is 81.5 Å². The summed E-state index contributed by atoms with van der Waals surface area (Å²) in [5.41, 5.74) is 0. The average Bonchev–Trinajstić information content (AvgIpc) is 3.82. The number of fused-ring (bicyclic) bond motifs is 1. The predicted octanol–water partition coefficient (Wildman–Crippen LogP) is 16.5. The van der Waals surface area contributed by atoms with E-state index in [-0.39, 0.29) is 0 Å². The number of thiazole rings is 2. The van der Waals surface area contributed by atoms with Crippen molar-refractivity contribution < 1.29 is 0 Å². The van der Waals surface area contributed by atoms with Crippen molar-refractivity contribution in [1.82, 2.24) is 9.97 Å². The van der Waals surface area contributed by atoms with Gasteiger partial charge in [0.2, 0.25) is 0 Å². The van der Waals surface area contributed by atoms with Crippen LogP contribution in [0.3, 0.4) is 0 Å². The molecule has 0 aromatic carbocycles. The zero-order valence-electron chi connectivity index (χ0n) is 28.1. The van der Waals surface area contributed by atoms with Crippen molar-refractivity contribution in [3.05, 3.63) is 19.7 Å². The molecule has 4 aromatic rings. The van der Waals surface area contributed by atoms with Gasteiger partial charge in [-0.2, -0.15) is 0 Å². The molecular weight excluding hydrogens is 813 g/mol. The summed E-state index contributed by atoms with van der Waals surface area (Å²) in [6, 6.07) is 4.71. The minimum atomic E-state index is 0.819. The van der Waals surface area contributed by atoms with E-state index in [1.807, 2.05) is 46.2 Å². The lowest BCUT2D eigenvalue weighted by molar-refractivity contribution is 0.451. The molecule has 256 valence electrons. The van der Waals surface area contributed by atoms with Gasteiger partial charge in [-0.25, -0.2) is 9.97 Å². The Labute approximate surface area is 320 Å². The lowest BCUT2D eigenvalue weighted by Crippen LogP contribution is -2.04. The van der Waals surface area contributed by atoms with Crippen LogP contribution in [0.25, 0.3) is 29.4 Å². The summed E-state index contributed by atoms with van der Waals surface area (Å²) < 4.78 is 2.48. The third kappa shape index (κ3) is 12.4. The summed E-state index contributed by atoms with van der Waals surface area (Å²) in [5.74, 6) is 4.07. The smallest absolute Gasteiger partial charge is 0.155 e. The Morgan fingerprint density at radius 3 is 1.33 bits per heavy atom. The number of aromatic nitrogens is 2. The molecule has 0 aliphatic heterocycles. The molecule has 0 saturated heterocycles. The maximum Gasteiger partial charge on any atom is 0.155 e. The molecule has 0 amide bonds. The lowest BCUT2D eigenvalue weighted by Gasteiger charge is -2.16. The van der Waals surface area contributed by atoms with Crippen LogP contribution in [0.1, 0.15) is 130 Å². The first-order valence-electron chi connectivity index (χ1n) is 17.6. The number of nitrogens with zero attached hydrogens (tertiary/aromatic N) is 2. The molecule has 4 aromatic heterocycles. The van der Waals surface area contributed by atoms with Gasteiger partial charge in [0.25, 0.3) is 0 Å². The molecule has 0 saturated carbocycles. The molecule has 2 nitrogen and oxygen atoms in total. The van der Waals surface area contributed by atoms with Gasteiger partial charge in [0.1, 0.15) is 10.0 Å². The fourth-order valence-corrected chi connectivity index (χ4v) is 14.2. The van der Waals surface area contributed by atoms with Gasteiger partial charge >= 0.3 is 0 Å². The van der Waals surface area contributed by atoms with Gasteiger partial charge < -0.3 is 0 Å². The van der Waals surface area contributed by atoms with E-state index >= 15 is 0 Å². The van der Waals surface area contributed by atoms with Crippen molar-refractivity contribution in [1.29, 1.82) is 0 Å². The molecule has 2 unspecified atom stereocenters. The fourth-order valence-electron chi connectivity index (χ4n) is 5.71. The zero-order chi connectivity index (χ0) is 32.7. The zero-order valence-corrected chi connectivity index (χ0v) is 36.2. The second-order valence-corrected chi connectivity index (χ2v) is 21.3. The number of thiophene rings is 2. The van der Waals surface area contributed by atoms with Gasteiger partial charge in [0.15, 0.2) is 9.66 Å². The molecule has 0 spiro atoms. The number of hydrogen-bond donors (Lipinski definition) is 0. The summed E-state index contributed by atoms with van der Waals surface area (Å²) in [6.07, 6.45) is 21.7. The molecule has 0 fully saturated rings. The second-order valence-electron chi connectivity index (χ2n) is 12.5. The van der Waals surface area contributed by atoms with E-state index in [0.717, 1.165) is 31.5 Å². The highest BCUT2D eigenvalue weighted by molar-refractivity contribution is 9.11. The number of unbranched alkanes of at least 4 members (excludes halogenated alkanes) is 8. The number of thioether (sulfide) groups is 2. The molecule has 0 bridgehead atoms. The molecule has 0 aliphatic carbocycles. The van der Waals surface area contributed by atoms with Gasteiger partial charge in [0, 0.05) is 21.3 Å². The van der Waals surface area contributed by atoms with E-state index in [1.54, 1.807) is 22.7 Å². The third-order valence-electron chi connectivity index (χ3n) is 8.52. The van der Waals surface area contributed by atoms with E-state index in [0.29, 0.717) is 0 Å². The molecule has 2 atom stereocenters. The van der Waals surface area contributed by atoms with Crippen molar-refractivity contribution in [2.45, 2.75) is 140 Å². The van der Waals surface area contributed by atoms with Gasteiger partial charge in [0.05, 0.1) is 17.3 Å². The van der Waals surface area contributed by atoms with Crippen molar-refractivity contribution >= 4 is 110 Å². The molecule has 46 heavy (non-hydrogen) atoms. The van der Waals surface area contributed by atoms with Crippen LogP contribution >= 0.6 is 101 Å². The van der Waals surface area contributed by atoms with E-state index in [4.69, 9.17) is 9.97 Å². The van der Waals surface area contributed by atoms with Crippen LogP contribution in [0.15, 0.2) is 29.5 Å². The Morgan fingerprint density at radius 1 is 0.543 bits per heavy atom. The Morgan fingerprint density at radius 2 is 0.935 bits per heavy atom. The van der Waals surface area contributed by atoms with Crippen molar-refractivity contribution in [2.24, 2.45) is 11.8 Å². The minimum Gasteiger partial charge on any atom is -0.222 e. The normalized spacial score (nSPS) is 13.3. The highest BCUT2D eigenvalue weighted by Crippen LogP contribution is 2.47. The first-order valence-corrected chi connectivity index (χ1v) is 24.4. The number of halogens is 2. The summed E-state index contributed by atoms with van der Waals surface area (Å²) in [5, 5.41) is 2.20. The topological polar surface area (TPSA) is 25.8 Å². The Kier molecular flexibility index (Phi) is 18.6. The van der Waals surface area contributed by atoms with E-state index in [1.165, 1.54) is 141 Å². The van der Waals surface area contributed by atoms with Crippen LogP contribution in [0.2, 0.25) is 0 Å². The Balaban J connectivity index is 1.36. The van der Waals surface area contributed by atoms with E-state index in [9.17, 15) is 0 Å². The van der Waals surface area contributed by atoms with Crippen molar-refractivity contribution in [3.8, 4) is 19.8 Å². The van der Waals surface area contributed by atoms with Crippen LogP contribution in [0.5, 0.6) is 0 Å². The third-order valence-corrected chi connectivity index (χ3v) is 17.9. The highest BCUT2D eigenvalue weighted by Gasteiger charge is 2.20. The van der Waals surface area contributed by atoms with Crippen molar-refractivity contribution in [2.75, 3.05) is 11.5 Å². The Bertz CT molecular complexity index is 1290. The maximum atomic E-state index is 5.08. The standard InChI is InChI=1S/C36H52Br2N2S6/c1-5-9-13-15-19-25(17-11-7-3)23-41-27-21-29(43-31(27)37)33-39-35-36(45-33)40-34(46-35)30-22-28(32(38)44-30)42-24-26(18-12-8-4)20-16-14-10-6-2/h21-22,25-26H,5-20,23-24H2,1-4H3. The minimum absolute atomic E-state index is 0.819. The number of rotatable bonds is 24. The summed E-state index contributed by atoms with van der Waals surface area (Å²) in [4.78, 5) is 17.5. The second kappa shape index (κ2) is 21.7. The largest absolute Gasteiger partial charge is 0.222 e. The quantitative estimate of drug-likeness (QED) is 0.0518. The SMILES string of the molecule is CCCCCCC(CCCC)CSc1cc(-c2nc3sc(-c4cc(SCC(CCCC)CCCCCC)c(Br)s4)nc3s2)sc1Br. The monoisotopic (exact) mass is 862 g/mol. The summed E-state index contributed by atoms with van der Waals surface area (Å²) in [6.45, 7) is 9.23. The summed E-state index contributed by atoms with van der Waals surface area (Å²) in [7, 11) is 0. The number of hydrogen-bond acceptors (Lipinski definition) is 8. The first kappa shape index (κ1) is 39.4. The van der Waals surface area contributed by atoms with Gasteiger partial charge in [-0.1, -0.05) is 127 Å². The molecule has 4 heterocycles. The van der Waals surface area contributed by atoms with Crippen LogP contribution in [-0.2, 0) is 0 Å². The molecule has 4 rings (SSSR count). The molecule has 0 N–H and O–H groups in total. The maximum absolute atomic E-state index is 5.08. The van der Waals surface area contributed by atoms with Gasteiger partial charge in [-0.3, -0.25) is 0 Å². The summed E-state index contributed by atoms with van der Waals surface area (Å²) >= 11 is 19.0. The fraction of sp³-hybridized carbons (Fsp3) is 0.667. The highest BCUT2D eigenvalue weighted by atomic mass is 79.9. The lowest BCUT2D eigenvalue weighted by atomic mass is 9.97. The molecule has 0 aliphatic rings. The molecular formula is C36H52Br2N2S6. The average molecular weight is 865 g/mol. The van der Waals surface area contributed by atoms with Gasteiger partial charge in [-0.15, -0.1) is 46.2 Å². The molecule has 10 heteroatoms. The van der Waals surface area contributed by atoms with E-state index < -0.39 is 0 Å². The van der Waals surface area contributed by atoms with Crippen LogP contribution in [-0.4, -0.2) is 21.5 Å². The molecule has 0 radical (unpaired) electrons. The predicted molar refractivity (Wildman–Crippen MR) is 222 cm³/mol. The van der Waals surface area contributed by atoms with Crippen molar-refractivity contribution in [3.63, 3.8) is 0 Å². The van der Waals surface area contributed by atoms with Crippen LogP contribution in [0.4, 0.5) is 0 Å². The van der Waals surface area contributed by atoms with Crippen LogP contribution in [0, 0.1) is 11.8 Å². The van der Waals surface area contributed by atoms with Crippen LogP contribution < -0.4 is 0 Å².